The zero-order valence-corrected chi connectivity index (χ0v) is 43.7. The molecule has 4 aromatic heterocycles. The normalized spacial score (nSPS) is 16.1. The van der Waals surface area contributed by atoms with E-state index in [-0.39, 0.29) is 53.6 Å². The summed E-state index contributed by atoms with van der Waals surface area (Å²) in [5.41, 5.74) is 8.56. The van der Waals surface area contributed by atoms with Gasteiger partial charge in [0.2, 0.25) is 0 Å². The largest absolute Gasteiger partial charge is 0.461 e. The summed E-state index contributed by atoms with van der Waals surface area (Å²) in [5.74, 6) is -0.629. The van der Waals surface area contributed by atoms with Crippen LogP contribution >= 0.6 is 45.9 Å². The molecule has 2 aliphatic heterocycles. The first-order valence-corrected chi connectivity index (χ1v) is 25.2. The second-order valence-corrected chi connectivity index (χ2v) is 22.1. The lowest BCUT2D eigenvalue weighted by atomic mass is 9.92. The molecule has 70 heavy (non-hydrogen) atoms. The Morgan fingerprint density at radius 2 is 1.07 bits per heavy atom. The number of amides is 3. The molecular formula is C50H62Cl2N8O8S2. The van der Waals surface area contributed by atoms with E-state index in [0.717, 1.165) is 78.1 Å². The maximum absolute atomic E-state index is 12.6. The molecule has 2 fully saturated rings. The smallest absolute Gasteiger partial charge is 0.410 e. The number of thiophene rings is 2. The number of esters is 1. The van der Waals surface area contributed by atoms with Crippen molar-refractivity contribution in [3.8, 4) is 20.9 Å². The van der Waals surface area contributed by atoms with E-state index in [9.17, 15) is 19.2 Å². The molecule has 2 atom stereocenters. The summed E-state index contributed by atoms with van der Waals surface area (Å²) < 4.78 is 17.8. The van der Waals surface area contributed by atoms with Crippen molar-refractivity contribution in [1.82, 2.24) is 36.3 Å². The summed E-state index contributed by atoms with van der Waals surface area (Å²) in [6.45, 7) is 15.8. The first kappa shape index (κ1) is 55.4. The van der Waals surface area contributed by atoms with Crippen LogP contribution in [-0.2, 0) is 27.1 Å². The van der Waals surface area contributed by atoms with Crippen LogP contribution in [-0.4, -0.2) is 104 Å². The molecule has 6 aromatic rings. The van der Waals surface area contributed by atoms with E-state index in [1.165, 1.54) is 22.7 Å². The van der Waals surface area contributed by atoms with E-state index in [4.69, 9.17) is 43.1 Å². The fraction of sp³-hybridized carbons (Fsp3) is 0.440. The number of piperidine rings is 2. The number of fused-ring (bicyclic) bond motifs is 2. The molecule has 7 N–H and O–H groups in total. The Labute approximate surface area is 426 Å². The Kier molecular flexibility index (Phi) is 18.7. The second-order valence-electron chi connectivity index (χ2n) is 19.1. The third kappa shape index (κ3) is 14.1. The lowest BCUT2D eigenvalue weighted by Gasteiger charge is -2.34. The summed E-state index contributed by atoms with van der Waals surface area (Å²) in [5, 5.41) is 20.4. The monoisotopic (exact) mass is 1040 g/mol. The second kappa shape index (κ2) is 23.6. The van der Waals surface area contributed by atoms with Crippen molar-refractivity contribution in [1.29, 1.82) is 0 Å². The van der Waals surface area contributed by atoms with Gasteiger partial charge in [0.15, 0.2) is 11.4 Å². The van der Waals surface area contributed by atoms with Crippen molar-refractivity contribution in [2.45, 2.75) is 98.2 Å². The van der Waals surface area contributed by atoms with E-state index < -0.39 is 23.1 Å². The SMILES string of the molecule is CC(C)(C)OC(=O)N1CCCC(Cc2nnc(C(N)=O)c3sc(-c4ccc(Cl)cc4)cc23)C1.CCOC(=O)c1nnc(CC2CCCN(C(=O)OC(C)(C)C)C2)c2cc(-c3ccc(Cl)cc3)sc12.N.O. The van der Waals surface area contributed by atoms with Gasteiger partial charge in [-0.25, -0.2) is 14.4 Å². The lowest BCUT2D eigenvalue weighted by molar-refractivity contribution is 0.0156. The zero-order valence-electron chi connectivity index (χ0n) is 40.6. The van der Waals surface area contributed by atoms with Crippen LogP contribution in [0.2, 0.25) is 10.0 Å². The molecule has 3 amide bonds. The molecular weight excluding hydrogens is 976 g/mol. The molecule has 0 bridgehead atoms. The average Bonchev–Trinajstić information content (AvgIpc) is 3.93. The number of primary amides is 1. The zero-order chi connectivity index (χ0) is 48.9. The number of halogens is 2. The van der Waals surface area contributed by atoms with Gasteiger partial charge in [-0.1, -0.05) is 47.5 Å². The number of ether oxygens (including phenoxy) is 3. The van der Waals surface area contributed by atoms with Gasteiger partial charge in [0.25, 0.3) is 5.91 Å². The van der Waals surface area contributed by atoms with Crippen LogP contribution in [0.3, 0.4) is 0 Å². The predicted octanol–water partition coefficient (Wildman–Crippen LogP) is 11.0. The van der Waals surface area contributed by atoms with Crippen molar-refractivity contribution >= 4 is 90.1 Å². The van der Waals surface area contributed by atoms with Crippen molar-refractivity contribution in [3.05, 3.63) is 93.5 Å². The Hall–Kier alpha value is -5.50. The lowest BCUT2D eigenvalue weighted by Crippen LogP contribution is -2.43. The topological polar surface area (TPSA) is 247 Å². The van der Waals surface area contributed by atoms with Gasteiger partial charge < -0.3 is 41.4 Å². The van der Waals surface area contributed by atoms with E-state index >= 15 is 0 Å². The first-order valence-electron chi connectivity index (χ1n) is 22.8. The number of rotatable bonds is 9. The van der Waals surface area contributed by atoms with Crippen LogP contribution in [0, 0.1) is 11.8 Å². The number of carbonyl (C=O) groups is 4. The summed E-state index contributed by atoms with van der Waals surface area (Å²) in [7, 11) is 0. The maximum atomic E-state index is 12.6. The molecule has 2 unspecified atom stereocenters. The Balaban J connectivity index is 0.000000254. The van der Waals surface area contributed by atoms with Crippen LogP contribution in [0.4, 0.5) is 9.59 Å². The minimum absolute atomic E-state index is 0. The molecule has 2 aliphatic rings. The molecule has 0 saturated carbocycles. The highest BCUT2D eigenvalue weighted by atomic mass is 35.5. The summed E-state index contributed by atoms with van der Waals surface area (Å²) >= 11 is 15.1. The average molecular weight is 1040 g/mol. The van der Waals surface area contributed by atoms with Gasteiger partial charge in [0, 0.05) is 56.8 Å². The van der Waals surface area contributed by atoms with Crippen molar-refractivity contribution < 1.29 is 38.9 Å². The minimum atomic E-state index is -0.600. The molecule has 0 spiro atoms. The van der Waals surface area contributed by atoms with Crippen molar-refractivity contribution in [2.75, 3.05) is 32.8 Å². The number of carbonyl (C=O) groups excluding carboxylic acids is 4. The quantitative estimate of drug-likeness (QED) is 0.101. The summed E-state index contributed by atoms with van der Waals surface area (Å²) in [4.78, 5) is 55.3. The fourth-order valence-corrected chi connectivity index (χ4v) is 10.9. The van der Waals surface area contributed by atoms with Crippen LogP contribution in [0.25, 0.3) is 41.1 Å². The van der Waals surface area contributed by atoms with Gasteiger partial charge in [0.05, 0.1) is 27.4 Å². The highest BCUT2D eigenvalue weighted by molar-refractivity contribution is 7.23. The van der Waals surface area contributed by atoms with Gasteiger partial charge in [0.1, 0.15) is 11.2 Å². The molecule has 16 nitrogen and oxygen atoms in total. The first-order chi connectivity index (χ1) is 32.2. The van der Waals surface area contributed by atoms with Crippen LogP contribution < -0.4 is 11.9 Å². The highest BCUT2D eigenvalue weighted by Gasteiger charge is 2.31. The predicted molar refractivity (Wildman–Crippen MR) is 277 cm³/mol. The molecule has 0 aliphatic carbocycles. The van der Waals surface area contributed by atoms with E-state index in [1.54, 1.807) is 16.7 Å². The number of nitrogens with zero attached hydrogens (tertiary/aromatic N) is 6. The molecule has 8 rings (SSSR count). The third-order valence-corrected chi connectivity index (χ3v) is 14.2. The summed E-state index contributed by atoms with van der Waals surface area (Å²) in [6.07, 6.45) is 4.51. The van der Waals surface area contributed by atoms with E-state index in [2.05, 4.69) is 26.5 Å². The third-order valence-electron chi connectivity index (χ3n) is 11.3. The molecule has 2 aromatic carbocycles. The number of hydrogen-bond acceptors (Lipinski definition) is 14. The van der Waals surface area contributed by atoms with Crippen LogP contribution in [0.1, 0.15) is 107 Å². The Morgan fingerprint density at radius 1 is 0.671 bits per heavy atom. The van der Waals surface area contributed by atoms with Gasteiger partial charge >= 0.3 is 18.2 Å². The fourth-order valence-electron chi connectivity index (χ4n) is 8.29. The van der Waals surface area contributed by atoms with Gasteiger partial charge in [-0.3, -0.25) is 4.79 Å². The number of hydrogen-bond donors (Lipinski definition) is 2. The van der Waals surface area contributed by atoms with Gasteiger partial charge in [-0.15, -0.1) is 32.9 Å². The molecule has 376 valence electrons. The van der Waals surface area contributed by atoms with Crippen molar-refractivity contribution in [2.24, 2.45) is 17.6 Å². The minimum Gasteiger partial charge on any atom is -0.461 e. The number of benzene rings is 2. The number of nitrogens with two attached hydrogens (primary N) is 1. The number of aromatic nitrogens is 4. The molecule has 20 heteroatoms. The molecule has 2 saturated heterocycles. The van der Waals surface area contributed by atoms with Gasteiger partial charge in [-0.05, 0) is 146 Å². The Bertz CT molecular complexity index is 2790. The van der Waals surface area contributed by atoms with Gasteiger partial charge in [-0.2, -0.15) is 10.2 Å². The van der Waals surface area contributed by atoms with Crippen LogP contribution in [0.15, 0.2) is 60.7 Å². The maximum Gasteiger partial charge on any atom is 0.410 e. The summed E-state index contributed by atoms with van der Waals surface area (Å²) in [6, 6.07) is 19.3. The van der Waals surface area contributed by atoms with Crippen LogP contribution in [0.5, 0.6) is 0 Å². The molecule has 6 heterocycles. The van der Waals surface area contributed by atoms with Crippen molar-refractivity contribution in [3.63, 3.8) is 0 Å². The van der Waals surface area contributed by atoms with E-state index in [0.29, 0.717) is 49.1 Å². The highest BCUT2D eigenvalue weighted by Crippen LogP contribution is 2.39. The number of likely N-dealkylation sites (tertiary alicyclic amines) is 2. The Morgan fingerprint density at radius 3 is 1.46 bits per heavy atom. The van der Waals surface area contributed by atoms with E-state index in [1.807, 2.05) is 96.1 Å². The molecule has 0 radical (unpaired) electrons. The standard InChI is InChI=1S/C26H30ClN3O4S.C24H27ClN4O3S.H3N.H2O/c1-5-33-24(31)22-23-19(14-21(35-23)17-8-10-18(27)11-9-17)20(28-29-22)13-16-7-6-12-30(15-16)25(32)34-26(2,3)4;1-24(2,3)32-23(31)29-10-4-5-14(13-29)11-18-17-12-19(15-6-8-16(25)9-7-15)33-21(17)20(22(26)30)28-27-18;;/h8-11,14,16H,5-7,12-13,15H2,1-4H3;6-9,12,14H,4-5,10-11,13H2,1-3H3,(H2,26,30);1H3;1H2.